The van der Waals surface area contributed by atoms with Gasteiger partial charge in [0, 0.05) is 12.2 Å². The molecule has 3 aliphatic heterocycles. The number of guanidine groups is 1. The normalized spacial score (nSPS) is 25.4. The Kier molecular flexibility index (Phi) is 6.67. The molecule has 0 saturated carbocycles. The number of alkyl carbamates (subject to hydrolysis) is 1. The smallest absolute Gasteiger partial charge is 0.414 e. The summed E-state index contributed by atoms with van der Waals surface area (Å²) in [5.41, 5.74) is 0.0430. The summed E-state index contributed by atoms with van der Waals surface area (Å²) in [6.45, 7) is 5.36. The summed E-state index contributed by atoms with van der Waals surface area (Å²) in [7, 11) is 0. The molecule has 10 nitrogen and oxygen atoms in total. The first-order chi connectivity index (χ1) is 16.1. The second kappa shape index (κ2) is 9.51. The summed E-state index contributed by atoms with van der Waals surface area (Å²) in [5, 5.41) is 8.56. The fourth-order valence-electron chi connectivity index (χ4n) is 4.15. The highest BCUT2D eigenvalue weighted by atomic mass is 32.1. The van der Waals surface area contributed by atoms with Crippen LogP contribution < -0.4 is 16.0 Å². The molecule has 3 amide bonds. The minimum Gasteiger partial charge on any atom is -0.444 e. The highest BCUT2D eigenvalue weighted by molar-refractivity contribution is 7.80. The van der Waals surface area contributed by atoms with Crippen molar-refractivity contribution < 1.29 is 23.9 Å². The van der Waals surface area contributed by atoms with Crippen LogP contribution in [-0.4, -0.2) is 64.8 Å². The minimum atomic E-state index is -0.719. The molecule has 1 aromatic rings. The lowest BCUT2D eigenvalue weighted by atomic mass is 9.85. The van der Waals surface area contributed by atoms with Gasteiger partial charge in [0.25, 0.3) is 0 Å². The number of rotatable bonds is 4. The van der Waals surface area contributed by atoms with Crippen LogP contribution in [0.5, 0.6) is 0 Å². The van der Waals surface area contributed by atoms with Crippen LogP contribution in [0.3, 0.4) is 0 Å². The number of imide groups is 1. The first kappa shape index (κ1) is 23.8. The molecule has 180 valence electrons. The summed E-state index contributed by atoms with van der Waals surface area (Å²) in [5.74, 6) is -1.40. The van der Waals surface area contributed by atoms with E-state index in [2.05, 4.69) is 20.9 Å². The molecule has 4 unspecified atom stereocenters. The maximum atomic E-state index is 12.8. The fraction of sp³-hybridized carbons (Fsp3) is 0.435. The van der Waals surface area contributed by atoms with Gasteiger partial charge in [0.05, 0.1) is 30.6 Å². The second-order valence-electron chi connectivity index (χ2n) is 9.13. The first-order valence-electron chi connectivity index (χ1n) is 11.0. The van der Waals surface area contributed by atoms with E-state index in [1.165, 1.54) is 4.90 Å². The summed E-state index contributed by atoms with van der Waals surface area (Å²) < 4.78 is 10.9. The van der Waals surface area contributed by atoms with Gasteiger partial charge in [-0.3, -0.25) is 24.8 Å². The van der Waals surface area contributed by atoms with E-state index in [1.807, 2.05) is 42.5 Å². The predicted octanol–water partition coefficient (Wildman–Crippen LogP) is 1.79. The van der Waals surface area contributed by atoms with Crippen LogP contribution in [0.25, 0.3) is 0 Å². The maximum Gasteiger partial charge on any atom is 0.414 e. The number of nitrogens with one attached hydrogen (secondary N) is 3. The molecule has 34 heavy (non-hydrogen) atoms. The highest BCUT2D eigenvalue weighted by Gasteiger charge is 2.60. The van der Waals surface area contributed by atoms with Crippen LogP contribution in [0.1, 0.15) is 20.8 Å². The Labute approximate surface area is 202 Å². The number of carbonyl (C=O) groups excluding carboxylic acids is 3. The van der Waals surface area contributed by atoms with Crippen LogP contribution in [-0.2, 0) is 19.1 Å². The van der Waals surface area contributed by atoms with Gasteiger partial charge in [0.2, 0.25) is 17.8 Å². The number of amides is 3. The van der Waals surface area contributed by atoms with E-state index in [-0.39, 0.29) is 48.2 Å². The SMILES string of the molecule is CC(C)(C)OC(=O)NC(=NCCN1C(=O)C2C3C=CC(O3)C2C1=O)NC(=S)Nc1ccccc1. The Bertz CT molecular complexity index is 1020. The van der Waals surface area contributed by atoms with Gasteiger partial charge in [-0.25, -0.2) is 4.79 Å². The molecule has 2 fully saturated rings. The van der Waals surface area contributed by atoms with E-state index in [0.29, 0.717) is 0 Å². The van der Waals surface area contributed by atoms with E-state index in [1.54, 1.807) is 20.8 Å². The van der Waals surface area contributed by atoms with Crippen LogP contribution >= 0.6 is 12.2 Å². The Morgan fingerprint density at radius 1 is 1.09 bits per heavy atom. The maximum absolute atomic E-state index is 12.8. The molecule has 2 saturated heterocycles. The predicted molar refractivity (Wildman–Crippen MR) is 129 cm³/mol. The quantitative estimate of drug-likeness (QED) is 0.194. The molecule has 3 heterocycles. The van der Waals surface area contributed by atoms with Crippen molar-refractivity contribution in [2.24, 2.45) is 16.8 Å². The van der Waals surface area contributed by atoms with Gasteiger partial charge in [-0.15, -0.1) is 0 Å². The van der Waals surface area contributed by atoms with Gasteiger partial charge in [0.1, 0.15) is 5.60 Å². The standard InChI is InChI=1S/C23H27N5O5S/c1-23(2,3)33-22(31)27-20(26-21(34)25-13-7-5-4-6-8-13)24-11-12-28-18(29)16-14-9-10-15(32-14)17(16)19(28)30/h4-10,14-17H,11-12H2,1-3H3,(H3,24,25,26,27,31,34). The number of nitrogens with zero attached hydrogens (tertiary/aromatic N) is 2. The molecule has 0 aromatic heterocycles. The number of likely N-dealkylation sites (tertiary alicyclic amines) is 1. The summed E-state index contributed by atoms with van der Waals surface area (Å²) >= 11 is 5.32. The third-order valence-electron chi connectivity index (χ3n) is 5.48. The Balaban J connectivity index is 1.40. The monoisotopic (exact) mass is 485 g/mol. The lowest BCUT2D eigenvalue weighted by Gasteiger charge is -2.21. The molecule has 3 aliphatic rings. The van der Waals surface area contributed by atoms with Crippen molar-refractivity contribution in [3.63, 3.8) is 0 Å². The Morgan fingerprint density at radius 2 is 1.71 bits per heavy atom. The first-order valence-corrected chi connectivity index (χ1v) is 11.4. The third-order valence-corrected chi connectivity index (χ3v) is 5.68. The molecule has 1 aromatic carbocycles. The molecule has 0 aliphatic carbocycles. The van der Waals surface area contributed by atoms with Gasteiger partial charge in [0.15, 0.2) is 5.11 Å². The number of benzene rings is 1. The van der Waals surface area contributed by atoms with Crippen LogP contribution in [0, 0.1) is 11.8 Å². The number of carbonyl (C=O) groups is 3. The molecule has 4 rings (SSSR count). The number of thiocarbonyl (C=S) groups is 1. The van der Waals surface area contributed by atoms with Crippen molar-refractivity contribution in [3.8, 4) is 0 Å². The number of para-hydroxylation sites is 1. The summed E-state index contributed by atoms with van der Waals surface area (Å²) in [6, 6.07) is 9.25. The van der Waals surface area contributed by atoms with Crippen molar-refractivity contribution in [3.05, 3.63) is 42.5 Å². The number of ether oxygens (including phenoxy) is 2. The molecule has 0 radical (unpaired) electrons. The van der Waals surface area contributed by atoms with E-state index >= 15 is 0 Å². The van der Waals surface area contributed by atoms with E-state index in [9.17, 15) is 14.4 Å². The number of hydrogen-bond acceptors (Lipinski definition) is 7. The number of hydrogen-bond donors (Lipinski definition) is 3. The molecular weight excluding hydrogens is 458 g/mol. The zero-order chi connectivity index (χ0) is 24.5. The third kappa shape index (κ3) is 5.26. The van der Waals surface area contributed by atoms with Crippen molar-refractivity contribution >= 4 is 46.9 Å². The summed E-state index contributed by atoms with van der Waals surface area (Å²) in [6.07, 6.45) is 2.28. The molecule has 2 bridgehead atoms. The second-order valence-corrected chi connectivity index (χ2v) is 9.54. The summed E-state index contributed by atoms with van der Waals surface area (Å²) in [4.78, 5) is 43.4. The molecule has 11 heteroatoms. The fourth-order valence-corrected chi connectivity index (χ4v) is 4.36. The molecule has 3 N–H and O–H groups in total. The van der Waals surface area contributed by atoms with Gasteiger partial charge < -0.3 is 20.1 Å². The highest BCUT2D eigenvalue weighted by Crippen LogP contribution is 2.44. The average Bonchev–Trinajstić information content (AvgIpc) is 3.42. The van der Waals surface area contributed by atoms with Crippen molar-refractivity contribution in [1.82, 2.24) is 15.5 Å². The lowest BCUT2D eigenvalue weighted by molar-refractivity contribution is -0.142. The minimum absolute atomic E-state index is 0.0343. The average molecular weight is 486 g/mol. The van der Waals surface area contributed by atoms with Crippen LogP contribution in [0.15, 0.2) is 47.5 Å². The van der Waals surface area contributed by atoms with Crippen molar-refractivity contribution in [1.29, 1.82) is 0 Å². The van der Waals surface area contributed by atoms with Gasteiger partial charge in [-0.05, 0) is 45.1 Å². The van der Waals surface area contributed by atoms with Crippen molar-refractivity contribution in [2.45, 2.75) is 38.6 Å². The number of anilines is 1. The van der Waals surface area contributed by atoms with Gasteiger partial charge in [-0.2, -0.15) is 0 Å². The van der Waals surface area contributed by atoms with Gasteiger partial charge in [-0.1, -0.05) is 30.4 Å². The Morgan fingerprint density at radius 3 is 2.29 bits per heavy atom. The zero-order valence-electron chi connectivity index (χ0n) is 19.1. The molecular formula is C23H27N5O5S. The topological polar surface area (TPSA) is 121 Å². The van der Waals surface area contributed by atoms with E-state index in [4.69, 9.17) is 21.7 Å². The van der Waals surface area contributed by atoms with Crippen LogP contribution in [0.2, 0.25) is 0 Å². The number of fused-ring (bicyclic) bond motifs is 5. The largest absolute Gasteiger partial charge is 0.444 e. The lowest BCUT2D eigenvalue weighted by Crippen LogP contribution is -2.47. The van der Waals surface area contributed by atoms with E-state index in [0.717, 1.165) is 5.69 Å². The molecule has 0 spiro atoms. The zero-order valence-corrected chi connectivity index (χ0v) is 19.9. The van der Waals surface area contributed by atoms with Gasteiger partial charge >= 0.3 is 6.09 Å². The van der Waals surface area contributed by atoms with Crippen LogP contribution in [0.4, 0.5) is 10.5 Å². The van der Waals surface area contributed by atoms with Crippen molar-refractivity contribution in [2.75, 3.05) is 18.4 Å². The number of aliphatic imine (C=N–C) groups is 1. The Hall–Kier alpha value is -3.31. The molecule has 4 atom stereocenters. The van der Waals surface area contributed by atoms with E-state index < -0.39 is 23.5 Å².